The monoisotopic (exact) mass is 448 g/mol. The van der Waals surface area contributed by atoms with Gasteiger partial charge in [-0.3, -0.25) is 4.90 Å². The van der Waals surface area contributed by atoms with Crippen molar-refractivity contribution in [2.24, 2.45) is 0 Å². The highest BCUT2D eigenvalue weighted by Gasteiger charge is 2.28. The fraction of sp³-hybridized carbons (Fsp3) is 0.286. The van der Waals surface area contributed by atoms with Crippen LogP contribution in [0.4, 0.5) is 0 Å². The van der Waals surface area contributed by atoms with Crippen molar-refractivity contribution in [1.29, 1.82) is 0 Å². The van der Waals surface area contributed by atoms with E-state index in [1.807, 2.05) is 12.1 Å². The normalized spacial score (nSPS) is 16.1. The number of sulfonamides is 1. The van der Waals surface area contributed by atoms with Gasteiger partial charge in [-0.05, 0) is 42.0 Å². The number of piperazine rings is 1. The van der Waals surface area contributed by atoms with Gasteiger partial charge in [0.1, 0.15) is 11.3 Å². The maximum atomic E-state index is 12.8. The Morgan fingerprint density at radius 2 is 1.73 bits per heavy atom. The zero-order valence-electron chi connectivity index (χ0n) is 16.4. The Bertz CT molecular complexity index is 1220. The number of fused-ring (bicyclic) bond motifs is 1. The minimum Gasteiger partial charge on any atom is -0.497 e. The summed E-state index contributed by atoms with van der Waals surface area (Å²) in [5, 5.41) is 1.34. The van der Waals surface area contributed by atoms with Crippen molar-refractivity contribution in [2.75, 3.05) is 33.3 Å². The summed E-state index contributed by atoms with van der Waals surface area (Å²) in [5.74, 6) is 0.615. The number of benzene rings is 2. The van der Waals surface area contributed by atoms with Gasteiger partial charge in [-0.2, -0.15) is 4.31 Å². The molecule has 1 aliphatic heterocycles. The highest BCUT2D eigenvalue weighted by atomic mass is 35.5. The Morgan fingerprint density at radius 1 is 1.03 bits per heavy atom. The van der Waals surface area contributed by atoms with Crippen LogP contribution in [0.15, 0.2) is 62.6 Å². The van der Waals surface area contributed by atoms with E-state index in [0.29, 0.717) is 49.1 Å². The number of methoxy groups -OCH3 is 1. The van der Waals surface area contributed by atoms with E-state index >= 15 is 0 Å². The molecular formula is C21H21ClN2O5S. The molecule has 158 valence electrons. The molecule has 0 atom stereocenters. The third-order valence-corrected chi connectivity index (χ3v) is 7.38. The quantitative estimate of drug-likeness (QED) is 0.558. The Morgan fingerprint density at radius 3 is 2.40 bits per heavy atom. The Kier molecular flexibility index (Phi) is 5.84. The zero-order valence-corrected chi connectivity index (χ0v) is 17.9. The fourth-order valence-corrected chi connectivity index (χ4v) is 5.14. The summed E-state index contributed by atoms with van der Waals surface area (Å²) >= 11 is 5.86. The number of nitrogens with zero attached hydrogens (tertiary/aromatic N) is 2. The molecule has 2 heterocycles. The van der Waals surface area contributed by atoms with Crippen LogP contribution in [-0.2, 0) is 16.6 Å². The van der Waals surface area contributed by atoms with Crippen molar-refractivity contribution in [3.05, 3.63) is 69.5 Å². The maximum absolute atomic E-state index is 12.8. The molecule has 1 saturated heterocycles. The molecule has 0 amide bonds. The van der Waals surface area contributed by atoms with Crippen LogP contribution < -0.4 is 10.4 Å². The van der Waals surface area contributed by atoms with E-state index in [0.717, 1.165) is 10.9 Å². The lowest BCUT2D eigenvalue weighted by atomic mass is 10.1. The molecular weight excluding hydrogens is 428 g/mol. The van der Waals surface area contributed by atoms with Crippen LogP contribution in [0.5, 0.6) is 5.75 Å². The van der Waals surface area contributed by atoms with Crippen LogP contribution in [0.2, 0.25) is 5.02 Å². The molecule has 3 aromatic rings. The van der Waals surface area contributed by atoms with E-state index in [4.69, 9.17) is 20.8 Å². The Balaban J connectivity index is 1.49. The van der Waals surface area contributed by atoms with Gasteiger partial charge in [-0.25, -0.2) is 13.2 Å². The molecule has 0 spiro atoms. The van der Waals surface area contributed by atoms with Crippen molar-refractivity contribution in [1.82, 2.24) is 9.21 Å². The molecule has 30 heavy (non-hydrogen) atoms. The molecule has 0 unspecified atom stereocenters. The molecule has 0 saturated carbocycles. The molecule has 1 aromatic heterocycles. The topological polar surface area (TPSA) is 80.1 Å². The molecule has 7 nitrogen and oxygen atoms in total. The molecule has 4 rings (SSSR count). The van der Waals surface area contributed by atoms with E-state index in [1.165, 1.54) is 22.5 Å². The molecule has 9 heteroatoms. The van der Waals surface area contributed by atoms with E-state index in [1.54, 1.807) is 25.3 Å². The van der Waals surface area contributed by atoms with Crippen molar-refractivity contribution in [2.45, 2.75) is 11.4 Å². The van der Waals surface area contributed by atoms with E-state index < -0.39 is 15.6 Å². The van der Waals surface area contributed by atoms with Gasteiger partial charge < -0.3 is 9.15 Å². The molecule has 1 fully saturated rings. The van der Waals surface area contributed by atoms with Crippen LogP contribution in [-0.4, -0.2) is 50.9 Å². The first-order valence-corrected chi connectivity index (χ1v) is 11.3. The van der Waals surface area contributed by atoms with Crippen LogP contribution >= 0.6 is 11.6 Å². The molecule has 0 radical (unpaired) electrons. The van der Waals surface area contributed by atoms with Gasteiger partial charge in [0.2, 0.25) is 10.0 Å². The lowest BCUT2D eigenvalue weighted by molar-refractivity contribution is 0.182. The highest BCUT2D eigenvalue weighted by Crippen LogP contribution is 2.25. The third-order valence-electron chi connectivity index (χ3n) is 5.21. The van der Waals surface area contributed by atoms with Crippen LogP contribution in [0, 0.1) is 0 Å². The summed E-state index contributed by atoms with van der Waals surface area (Å²) in [6, 6.07) is 13.1. The van der Waals surface area contributed by atoms with Crippen molar-refractivity contribution in [3.8, 4) is 5.75 Å². The van der Waals surface area contributed by atoms with E-state index in [9.17, 15) is 13.2 Å². The first-order chi connectivity index (χ1) is 14.4. The van der Waals surface area contributed by atoms with Gasteiger partial charge in [0.25, 0.3) is 0 Å². The highest BCUT2D eigenvalue weighted by molar-refractivity contribution is 7.89. The van der Waals surface area contributed by atoms with Gasteiger partial charge in [0, 0.05) is 55.3 Å². The van der Waals surface area contributed by atoms with Gasteiger partial charge in [0.05, 0.1) is 12.0 Å². The number of hydrogen-bond donors (Lipinski definition) is 0. The van der Waals surface area contributed by atoms with Gasteiger partial charge in [-0.15, -0.1) is 0 Å². The molecule has 2 aromatic carbocycles. The summed E-state index contributed by atoms with van der Waals surface area (Å²) in [7, 11) is -2.00. The van der Waals surface area contributed by atoms with Crippen molar-refractivity contribution >= 4 is 32.6 Å². The molecule has 0 N–H and O–H groups in total. The second kappa shape index (κ2) is 8.39. The largest absolute Gasteiger partial charge is 0.497 e. The van der Waals surface area contributed by atoms with E-state index in [-0.39, 0.29) is 4.90 Å². The number of halogens is 1. The minimum atomic E-state index is -3.56. The smallest absolute Gasteiger partial charge is 0.336 e. The Labute approximate surface area is 179 Å². The second-order valence-corrected chi connectivity index (χ2v) is 9.46. The second-order valence-electron chi connectivity index (χ2n) is 7.09. The summed E-state index contributed by atoms with van der Waals surface area (Å²) < 4.78 is 37.7. The summed E-state index contributed by atoms with van der Waals surface area (Å²) in [6.45, 7) is 2.40. The predicted molar refractivity (Wildman–Crippen MR) is 115 cm³/mol. The summed E-state index contributed by atoms with van der Waals surface area (Å²) in [5.41, 5.74) is 0.897. The Hall–Kier alpha value is -2.39. The van der Waals surface area contributed by atoms with Gasteiger partial charge in [-0.1, -0.05) is 11.6 Å². The van der Waals surface area contributed by atoms with Crippen LogP contribution in [0.25, 0.3) is 11.0 Å². The molecule has 1 aliphatic rings. The van der Waals surface area contributed by atoms with Gasteiger partial charge >= 0.3 is 5.63 Å². The average Bonchev–Trinajstić information content (AvgIpc) is 2.74. The number of hydrogen-bond acceptors (Lipinski definition) is 6. The first-order valence-electron chi connectivity index (χ1n) is 9.46. The van der Waals surface area contributed by atoms with E-state index in [2.05, 4.69) is 4.90 Å². The first kappa shape index (κ1) is 20.9. The van der Waals surface area contributed by atoms with Crippen LogP contribution in [0.1, 0.15) is 5.56 Å². The average molecular weight is 449 g/mol. The van der Waals surface area contributed by atoms with Crippen molar-refractivity contribution < 1.29 is 17.6 Å². The van der Waals surface area contributed by atoms with Gasteiger partial charge in [0.15, 0.2) is 0 Å². The SMILES string of the molecule is COc1ccc2c(CN3CCN(S(=O)(=O)c4ccc(Cl)cc4)CC3)cc(=O)oc2c1. The number of rotatable bonds is 5. The third kappa shape index (κ3) is 4.22. The summed E-state index contributed by atoms with van der Waals surface area (Å²) in [4.78, 5) is 14.4. The molecule has 0 bridgehead atoms. The zero-order chi connectivity index (χ0) is 21.3. The fourth-order valence-electron chi connectivity index (χ4n) is 3.59. The lowest BCUT2D eigenvalue weighted by Crippen LogP contribution is -2.48. The number of ether oxygens (including phenoxy) is 1. The maximum Gasteiger partial charge on any atom is 0.336 e. The minimum absolute atomic E-state index is 0.237. The predicted octanol–water partition coefficient (Wildman–Crippen LogP) is 2.96. The molecule has 0 aliphatic carbocycles. The van der Waals surface area contributed by atoms with Crippen LogP contribution in [0.3, 0.4) is 0 Å². The standard InChI is InChI=1S/C21H21ClN2O5S/c1-28-17-4-7-19-15(12-21(25)29-20(19)13-17)14-23-8-10-24(11-9-23)30(26,27)18-5-2-16(22)3-6-18/h2-7,12-13H,8-11,14H2,1H3. The van der Waals surface area contributed by atoms with Crippen molar-refractivity contribution in [3.63, 3.8) is 0 Å². The summed E-state index contributed by atoms with van der Waals surface area (Å²) in [6.07, 6.45) is 0. The lowest BCUT2D eigenvalue weighted by Gasteiger charge is -2.34.